The third-order valence-corrected chi connectivity index (χ3v) is 3.86. The van der Waals surface area contributed by atoms with Crippen molar-refractivity contribution in [3.63, 3.8) is 0 Å². The van der Waals surface area contributed by atoms with Gasteiger partial charge in [-0.1, -0.05) is 50.0 Å². The maximum atomic E-state index is 10.3. The van der Waals surface area contributed by atoms with E-state index in [1.807, 2.05) is 0 Å². The summed E-state index contributed by atoms with van der Waals surface area (Å²) in [5, 5.41) is 17.0. The number of hydrogen-bond donors (Lipinski definition) is 2. The lowest BCUT2D eigenvalue weighted by Gasteiger charge is -1.97. The van der Waals surface area contributed by atoms with E-state index >= 15 is 0 Å². The van der Waals surface area contributed by atoms with Crippen molar-refractivity contribution in [2.75, 3.05) is 0 Å². The minimum absolute atomic E-state index is 0.296. The Kier molecular flexibility index (Phi) is 16.6. The molecule has 0 aliphatic rings. The molecule has 4 nitrogen and oxygen atoms in total. The van der Waals surface area contributed by atoms with Crippen LogP contribution in [0.2, 0.25) is 0 Å². The van der Waals surface area contributed by atoms with Crippen LogP contribution in [0.4, 0.5) is 0 Å². The molecule has 0 unspecified atom stereocenters. The van der Waals surface area contributed by atoms with Crippen LogP contribution in [0.5, 0.6) is 0 Å². The number of allylic oxidation sites excluding steroid dienone is 4. The Morgan fingerprint density at radius 2 is 0.833 bits per heavy atom. The third-order valence-electron chi connectivity index (χ3n) is 3.86. The quantitative estimate of drug-likeness (QED) is 0.262. The Morgan fingerprint density at radius 3 is 1.21 bits per heavy atom. The van der Waals surface area contributed by atoms with E-state index in [-0.39, 0.29) is 0 Å². The van der Waals surface area contributed by atoms with Gasteiger partial charge in [-0.3, -0.25) is 9.59 Å². The molecular weight excluding hydrogens is 304 g/mol. The highest BCUT2D eigenvalue weighted by Crippen LogP contribution is 2.08. The van der Waals surface area contributed by atoms with Crippen molar-refractivity contribution in [3.8, 4) is 0 Å². The second-order valence-electron chi connectivity index (χ2n) is 6.21. The summed E-state index contributed by atoms with van der Waals surface area (Å²) in [6, 6.07) is 0. The molecule has 0 aromatic heterocycles. The number of rotatable bonds is 17. The van der Waals surface area contributed by atoms with Crippen molar-refractivity contribution in [2.45, 2.75) is 89.9 Å². The van der Waals surface area contributed by atoms with Crippen LogP contribution in [0.3, 0.4) is 0 Å². The molecule has 0 rings (SSSR count). The van der Waals surface area contributed by atoms with E-state index in [4.69, 9.17) is 10.2 Å². The SMILES string of the molecule is O=C(O)CCCCCCC=CCCC=CCCCCCCC(=O)O. The summed E-state index contributed by atoms with van der Waals surface area (Å²) in [6.07, 6.45) is 22.0. The molecule has 0 aromatic rings. The molecule has 0 saturated carbocycles. The van der Waals surface area contributed by atoms with E-state index in [2.05, 4.69) is 24.3 Å². The van der Waals surface area contributed by atoms with Gasteiger partial charge in [-0.25, -0.2) is 0 Å². The van der Waals surface area contributed by atoms with Crippen molar-refractivity contribution < 1.29 is 19.8 Å². The standard InChI is InChI=1S/C20H34O4/c21-19(22)17-15-13-11-9-7-5-3-1-2-4-6-8-10-12-14-16-18-20(23)24/h3-6H,1-2,7-18H2,(H,21,22)(H,23,24). The van der Waals surface area contributed by atoms with Crippen molar-refractivity contribution in [2.24, 2.45) is 0 Å². The summed E-state index contributed by atoms with van der Waals surface area (Å²) in [7, 11) is 0. The summed E-state index contributed by atoms with van der Waals surface area (Å²) in [5.74, 6) is -1.39. The first-order valence-electron chi connectivity index (χ1n) is 9.36. The minimum atomic E-state index is -0.693. The van der Waals surface area contributed by atoms with Crippen LogP contribution >= 0.6 is 0 Å². The monoisotopic (exact) mass is 338 g/mol. The molecule has 0 aliphatic carbocycles. The molecule has 0 heterocycles. The molecule has 24 heavy (non-hydrogen) atoms. The largest absolute Gasteiger partial charge is 0.481 e. The van der Waals surface area contributed by atoms with Gasteiger partial charge in [0.15, 0.2) is 0 Å². The Balaban J connectivity index is 3.22. The molecule has 0 amide bonds. The fourth-order valence-electron chi connectivity index (χ4n) is 2.45. The molecule has 0 fully saturated rings. The highest BCUT2D eigenvalue weighted by atomic mass is 16.4. The first-order chi connectivity index (χ1) is 11.6. The van der Waals surface area contributed by atoms with Crippen molar-refractivity contribution >= 4 is 11.9 Å². The molecule has 4 heteroatoms. The van der Waals surface area contributed by atoms with E-state index in [0.717, 1.165) is 77.0 Å². The Bertz CT molecular complexity index is 336. The second-order valence-corrected chi connectivity index (χ2v) is 6.21. The molecule has 0 aliphatic heterocycles. The average molecular weight is 338 g/mol. The summed E-state index contributed by atoms with van der Waals surface area (Å²) >= 11 is 0. The normalized spacial score (nSPS) is 11.5. The predicted molar refractivity (Wildman–Crippen MR) is 98.2 cm³/mol. The fourth-order valence-corrected chi connectivity index (χ4v) is 2.45. The lowest BCUT2D eigenvalue weighted by molar-refractivity contribution is -0.138. The van der Waals surface area contributed by atoms with Crippen LogP contribution in [0.1, 0.15) is 89.9 Å². The number of unbranched alkanes of at least 4 members (excludes halogenated alkanes) is 9. The summed E-state index contributed by atoms with van der Waals surface area (Å²) < 4.78 is 0. The van der Waals surface area contributed by atoms with Crippen molar-refractivity contribution in [1.82, 2.24) is 0 Å². The molecule has 2 N–H and O–H groups in total. The molecule has 0 radical (unpaired) electrons. The zero-order valence-electron chi connectivity index (χ0n) is 14.9. The Hall–Kier alpha value is -1.58. The van der Waals surface area contributed by atoms with Gasteiger partial charge < -0.3 is 10.2 Å². The number of aliphatic carboxylic acids is 2. The van der Waals surface area contributed by atoms with Crippen LogP contribution in [0.15, 0.2) is 24.3 Å². The first kappa shape index (κ1) is 22.4. The van der Waals surface area contributed by atoms with Crippen LogP contribution in [-0.2, 0) is 9.59 Å². The van der Waals surface area contributed by atoms with Crippen LogP contribution in [0.25, 0.3) is 0 Å². The van der Waals surface area contributed by atoms with Crippen molar-refractivity contribution in [3.05, 3.63) is 24.3 Å². The second kappa shape index (κ2) is 17.8. The predicted octanol–water partition coefficient (Wildman–Crippen LogP) is 5.73. The van der Waals surface area contributed by atoms with E-state index in [9.17, 15) is 9.59 Å². The van der Waals surface area contributed by atoms with E-state index < -0.39 is 11.9 Å². The van der Waals surface area contributed by atoms with Gasteiger partial charge in [0, 0.05) is 12.8 Å². The number of hydrogen-bond acceptors (Lipinski definition) is 2. The molecule has 138 valence electrons. The van der Waals surface area contributed by atoms with Crippen LogP contribution in [-0.4, -0.2) is 22.2 Å². The first-order valence-corrected chi connectivity index (χ1v) is 9.36. The van der Waals surface area contributed by atoms with Gasteiger partial charge in [-0.15, -0.1) is 0 Å². The van der Waals surface area contributed by atoms with E-state index in [1.54, 1.807) is 0 Å². The maximum absolute atomic E-state index is 10.3. The lowest BCUT2D eigenvalue weighted by atomic mass is 10.1. The molecular formula is C20H34O4. The van der Waals surface area contributed by atoms with Gasteiger partial charge in [-0.2, -0.15) is 0 Å². The summed E-state index contributed by atoms with van der Waals surface area (Å²) in [5.41, 5.74) is 0. The third kappa shape index (κ3) is 20.4. The zero-order chi connectivity index (χ0) is 17.9. The lowest BCUT2D eigenvalue weighted by Crippen LogP contribution is -1.93. The van der Waals surface area contributed by atoms with E-state index in [1.165, 1.54) is 0 Å². The van der Waals surface area contributed by atoms with Crippen LogP contribution < -0.4 is 0 Å². The summed E-state index contributed by atoms with van der Waals surface area (Å²) in [6.45, 7) is 0. The minimum Gasteiger partial charge on any atom is -0.481 e. The van der Waals surface area contributed by atoms with Gasteiger partial charge in [0.1, 0.15) is 0 Å². The molecule has 0 saturated heterocycles. The molecule has 0 aromatic carbocycles. The fraction of sp³-hybridized carbons (Fsp3) is 0.700. The highest BCUT2D eigenvalue weighted by molar-refractivity contribution is 5.66. The van der Waals surface area contributed by atoms with Gasteiger partial charge >= 0.3 is 11.9 Å². The van der Waals surface area contributed by atoms with Gasteiger partial charge in [-0.05, 0) is 51.4 Å². The molecule has 0 atom stereocenters. The van der Waals surface area contributed by atoms with Gasteiger partial charge in [0.25, 0.3) is 0 Å². The number of carboxylic acids is 2. The molecule has 0 bridgehead atoms. The molecule has 0 spiro atoms. The maximum Gasteiger partial charge on any atom is 0.303 e. The van der Waals surface area contributed by atoms with Gasteiger partial charge in [0.2, 0.25) is 0 Å². The average Bonchev–Trinajstić information content (AvgIpc) is 2.53. The highest BCUT2D eigenvalue weighted by Gasteiger charge is 1.96. The van der Waals surface area contributed by atoms with Crippen LogP contribution in [0, 0.1) is 0 Å². The topological polar surface area (TPSA) is 74.6 Å². The zero-order valence-corrected chi connectivity index (χ0v) is 14.9. The van der Waals surface area contributed by atoms with Gasteiger partial charge in [0.05, 0.1) is 0 Å². The Morgan fingerprint density at radius 1 is 0.500 bits per heavy atom. The van der Waals surface area contributed by atoms with Crippen molar-refractivity contribution in [1.29, 1.82) is 0 Å². The summed E-state index contributed by atoms with van der Waals surface area (Å²) in [4.78, 5) is 20.7. The van der Waals surface area contributed by atoms with E-state index in [0.29, 0.717) is 12.8 Å². The Labute approximate surface area is 146 Å². The number of carbonyl (C=O) groups is 2. The number of carboxylic acid groups (broad SMARTS) is 2. The smallest absolute Gasteiger partial charge is 0.303 e.